The third-order valence-electron chi connectivity index (χ3n) is 3.44. The number of ether oxygens (including phenoxy) is 1. The number of aryl methyl sites for hydroxylation is 2. The molecule has 0 bridgehead atoms. The van der Waals surface area contributed by atoms with Crippen molar-refractivity contribution in [3.8, 4) is 0 Å². The van der Waals surface area contributed by atoms with Crippen molar-refractivity contribution in [2.24, 2.45) is 0 Å². The maximum absolute atomic E-state index is 14.2. The van der Waals surface area contributed by atoms with Gasteiger partial charge in [0, 0.05) is 5.57 Å². The summed E-state index contributed by atoms with van der Waals surface area (Å²) in [5.74, 6) is -5.22. The molecule has 0 amide bonds. The minimum absolute atomic E-state index is 0.0224. The molecule has 0 aromatic heterocycles. The molecule has 1 aromatic carbocycles. The average Bonchev–Trinajstić information content (AvgIpc) is 2.44. The second-order valence-corrected chi connectivity index (χ2v) is 5.63. The van der Waals surface area contributed by atoms with Crippen LogP contribution in [0.3, 0.4) is 0 Å². The number of benzene rings is 1. The summed E-state index contributed by atoms with van der Waals surface area (Å²) in [6.07, 6.45) is 3.51. The molecule has 22 heavy (non-hydrogen) atoms. The Labute approximate surface area is 131 Å². The first-order chi connectivity index (χ1) is 10.3. The van der Waals surface area contributed by atoms with E-state index in [0.717, 1.165) is 30.4 Å². The lowest BCUT2D eigenvalue weighted by Crippen LogP contribution is -2.32. The highest BCUT2D eigenvalue weighted by Crippen LogP contribution is 2.33. The monoisotopic (exact) mass is 310 g/mol. The standard InChI is InChI=1S/C18H24F2O2/c1-5-6-7-8-9-22-17(21)18(19,20)15(4)16-11-13(2)10-14(3)12-16/h10-12H,4-9H2,1-3H3. The Morgan fingerprint density at radius 3 is 2.27 bits per heavy atom. The van der Waals surface area contributed by atoms with Crippen molar-refractivity contribution in [1.82, 2.24) is 0 Å². The fourth-order valence-corrected chi connectivity index (χ4v) is 2.24. The predicted octanol–water partition coefficient (Wildman–Crippen LogP) is 5.08. The van der Waals surface area contributed by atoms with E-state index in [4.69, 9.17) is 4.74 Å². The Morgan fingerprint density at radius 2 is 1.73 bits per heavy atom. The maximum Gasteiger partial charge on any atom is 0.381 e. The van der Waals surface area contributed by atoms with Gasteiger partial charge in [0.15, 0.2) is 0 Å². The van der Waals surface area contributed by atoms with Crippen molar-refractivity contribution in [2.75, 3.05) is 6.61 Å². The van der Waals surface area contributed by atoms with Crippen LogP contribution in [0.2, 0.25) is 0 Å². The van der Waals surface area contributed by atoms with Crippen LogP contribution in [0, 0.1) is 13.8 Å². The Hall–Kier alpha value is -1.71. The van der Waals surface area contributed by atoms with Crippen molar-refractivity contribution in [3.63, 3.8) is 0 Å². The SMILES string of the molecule is C=C(c1cc(C)cc(C)c1)C(F)(F)C(=O)OCCCCCC. The van der Waals surface area contributed by atoms with Gasteiger partial charge in [0.25, 0.3) is 0 Å². The van der Waals surface area contributed by atoms with Crippen LogP contribution >= 0.6 is 0 Å². The largest absolute Gasteiger partial charge is 0.461 e. The van der Waals surface area contributed by atoms with Crippen LogP contribution in [0.4, 0.5) is 8.78 Å². The van der Waals surface area contributed by atoms with Crippen LogP contribution in [0.1, 0.15) is 49.3 Å². The predicted molar refractivity (Wildman–Crippen MR) is 85.0 cm³/mol. The molecule has 0 fully saturated rings. The number of alkyl halides is 2. The average molecular weight is 310 g/mol. The number of rotatable bonds is 8. The number of hydrogen-bond acceptors (Lipinski definition) is 2. The second kappa shape index (κ2) is 8.06. The van der Waals surface area contributed by atoms with Gasteiger partial charge in [-0.2, -0.15) is 8.78 Å². The number of carbonyl (C=O) groups is 1. The number of carbonyl (C=O) groups excluding carboxylic acids is 1. The molecule has 1 aromatic rings. The van der Waals surface area contributed by atoms with Crippen LogP contribution in [0.25, 0.3) is 5.57 Å². The van der Waals surface area contributed by atoms with E-state index in [0.29, 0.717) is 6.42 Å². The van der Waals surface area contributed by atoms with Crippen LogP contribution in [0.5, 0.6) is 0 Å². The van der Waals surface area contributed by atoms with E-state index in [2.05, 4.69) is 6.58 Å². The lowest BCUT2D eigenvalue weighted by Gasteiger charge is -2.18. The summed E-state index contributed by atoms with van der Waals surface area (Å²) >= 11 is 0. The molecule has 0 N–H and O–H groups in total. The van der Waals surface area contributed by atoms with E-state index in [-0.39, 0.29) is 12.2 Å². The number of esters is 1. The van der Waals surface area contributed by atoms with E-state index in [1.807, 2.05) is 26.8 Å². The molecule has 2 nitrogen and oxygen atoms in total. The number of hydrogen-bond donors (Lipinski definition) is 0. The molecule has 0 radical (unpaired) electrons. The molecule has 0 aliphatic carbocycles. The van der Waals surface area contributed by atoms with Gasteiger partial charge in [-0.05, 0) is 25.8 Å². The summed E-state index contributed by atoms with van der Waals surface area (Å²) < 4.78 is 33.0. The third-order valence-corrected chi connectivity index (χ3v) is 3.44. The Kier molecular flexibility index (Phi) is 6.72. The van der Waals surface area contributed by atoms with Crippen LogP contribution in [-0.2, 0) is 9.53 Å². The number of unbranched alkanes of at least 4 members (excludes halogenated alkanes) is 3. The van der Waals surface area contributed by atoms with Crippen molar-refractivity contribution >= 4 is 11.5 Å². The van der Waals surface area contributed by atoms with Crippen molar-refractivity contribution in [1.29, 1.82) is 0 Å². The normalized spacial score (nSPS) is 11.3. The van der Waals surface area contributed by atoms with Gasteiger partial charge in [-0.3, -0.25) is 0 Å². The highest BCUT2D eigenvalue weighted by atomic mass is 19.3. The topological polar surface area (TPSA) is 26.3 Å². The highest BCUT2D eigenvalue weighted by molar-refractivity contribution is 5.93. The molecular weight excluding hydrogens is 286 g/mol. The first-order valence-corrected chi connectivity index (χ1v) is 7.62. The Balaban J connectivity index is 2.71. The fraction of sp³-hybridized carbons (Fsp3) is 0.500. The van der Waals surface area contributed by atoms with Crippen LogP contribution < -0.4 is 0 Å². The molecule has 0 heterocycles. The Morgan fingerprint density at radius 1 is 1.14 bits per heavy atom. The van der Waals surface area contributed by atoms with Crippen LogP contribution in [0.15, 0.2) is 24.8 Å². The summed E-state index contributed by atoms with van der Waals surface area (Å²) in [7, 11) is 0. The molecule has 0 saturated carbocycles. The van der Waals surface area contributed by atoms with E-state index in [1.54, 1.807) is 12.1 Å². The molecule has 0 aliphatic rings. The van der Waals surface area contributed by atoms with Gasteiger partial charge in [0.1, 0.15) is 0 Å². The van der Waals surface area contributed by atoms with Gasteiger partial charge in [-0.25, -0.2) is 4.79 Å². The molecule has 0 unspecified atom stereocenters. The summed E-state index contributed by atoms with van der Waals surface area (Å²) in [6.45, 7) is 9.11. The van der Waals surface area contributed by atoms with Crippen molar-refractivity contribution < 1.29 is 18.3 Å². The van der Waals surface area contributed by atoms with Gasteiger partial charge < -0.3 is 4.74 Å². The van der Waals surface area contributed by atoms with E-state index < -0.39 is 17.5 Å². The van der Waals surface area contributed by atoms with Crippen molar-refractivity contribution in [3.05, 3.63) is 41.5 Å². The lowest BCUT2D eigenvalue weighted by atomic mass is 9.97. The van der Waals surface area contributed by atoms with Crippen molar-refractivity contribution in [2.45, 2.75) is 52.4 Å². The van der Waals surface area contributed by atoms with Gasteiger partial charge in [-0.15, -0.1) is 0 Å². The van der Waals surface area contributed by atoms with Gasteiger partial charge >= 0.3 is 11.9 Å². The minimum atomic E-state index is -3.70. The van der Waals surface area contributed by atoms with Gasteiger partial charge in [0.05, 0.1) is 6.61 Å². The molecule has 0 saturated heterocycles. The molecule has 0 spiro atoms. The zero-order valence-electron chi connectivity index (χ0n) is 13.5. The first-order valence-electron chi connectivity index (χ1n) is 7.62. The molecule has 1 rings (SSSR count). The molecule has 0 aliphatic heterocycles. The maximum atomic E-state index is 14.2. The number of halogens is 2. The highest BCUT2D eigenvalue weighted by Gasteiger charge is 2.44. The van der Waals surface area contributed by atoms with Crippen LogP contribution in [-0.4, -0.2) is 18.5 Å². The van der Waals surface area contributed by atoms with E-state index in [9.17, 15) is 13.6 Å². The molecule has 0 atom stereocenters. The van der Waals surface area contributed by atoms with Gasteiger partial charge in [-0.1, -0.05) is 62.1 Å². The summed E-state index contributed by atoms with van der Waals surface area (Å²) in [5.41, 5.74) is 1.45. The van der Waals surface area contributed by atoms with E-state index in [1.165, 1.54) is 0 Å². The zero-order chi connectivity index (χ0) is 16.8. The summed E-state index contributed by atoms with van der Waals surface area (Å²) in [6, 6.07) is 5.07. The Bertz CT molecular complexity index is 516. The second-order valence-electron chi connectivity index (χ2n) is 5.63. The molecule has 4 heteroatoms. The summed E-state index contributed by atoms with van der Waals surface area (Å²) in [5, 5.41) is 0. The lowest BCUT2D eigenvalue weighted by molar-refractivity contribution is -0.163. The first kappa shape index (κ1) is 18.3. The zero-order valence-corrected chi connectivity index (χ0v) is 13.5. The van der Waals surface area contributed by atoms with Gasteiger partial charge in [0.2, 0.25) is 0 Å². The third kappa shape index (κ3) is 4.93. The summed E-state index contributed by atoms with van der Waals surface area (Å²) in [4.78, 5) is 11.6. The molecule has 122 valence electrons. The van der Waals surface area contributed by atoms with E-state index >= 15 is 0 Å². The quantitative estimate of drug-likeness (QED) is 0.494. The molecular formula is C18H24F2O2. The minimum Gasteiger partial charge on any atom is -0.461 e. The fourth-order valence-electron chi connectivity index (χ4n) is 2.24. The smallest absolute Gasteiger partial charge is 0.381 e.